The Hall–Kier alpha value is -3.50. The molecule has 2 aliphatic heterocycles. The van der Waals surface area contributed by atoms with Gasteiger partial charge >= 0.3 is 6.03 Å². The normalized spacial score (nSPS) is 20.7. The van der Waals surface area contributed by atoms with E-state index in [2.05, 4.69) is 27.3 Å². The first-order valence-corrected chi connectivity index (χ1v) is 18.8. The molecule has 1 saturated carbocycles. The zero-order valence-corrected chi connectivity index (χ0v) is 28.6. The highest BCUT2D eigenvalue weighted by Gasteiger charge is 2.53. The number of hydrogen-bond donors (Lipinski definition) is 1. The number of amides is 2. The van der Waals surface area contributed by atoms with Crippen LogP contribution < -0.4 is 15.0 Å². The number of nitrogens with zero attached hydrogens (tertiary/aromatic N) is 3. The fourth-order valence-corrected chi connectivity index (χ4v) is 8.58. The number of urea groups is 1. The summed E-state index contributed by atoms with van der Waals surface area (Å²) in [5.41, 5.74) is 2.54. The minimum atomic E-state index is -3.29. The molecule has 10 heteroatoms. The molecule has 47 heavy (non-hydrogen) atoms. The Balaban J connectivity index is 1.32. The molecule has 2 aromatic rings. The van der Waals surface area contributed by atoms with E-state index < -0.39 is 21.2 Å². The van der Waals surface area contributed by atoms with Crippen molar-refractivity contribution in [1.82, 2.24) is 10.2 Å². The molecule has 2 aromatic carbocycles. The lowest BCUT2D eigenvalue weighted by Crippen LogP contribution is -2.62. The molecule has 1 saturated heterocycles. The molecular formula is C37H47FN4O4S. The smallest absolute Gasteiger partial charge is 0.350 e. The van der Waals surface area contributed by atoms with Gasteiger partial charge in [0, 0.05) is 36.1 Å². The van der Waals surface area contributed by atoms with Crippen molar-refractivity contribution in [3.05, 3.63) is 76.5 Å². The van der Waals surface area contributed by atoms with Gasteiger partial charge < -0.3 is 10.1 Å². The zero-order chi connectivity index (χ0) is 33.2. The molecule has 0 bridgehead atoms. The first kappa shape index (κ1) is 33.4. The van der Waals surface area contributed by atoms with Crippen molar-refractivity contribution < 1.29 is 22.3 Å². The Bertz CT molecular complexity index is 1690. The standard InChI is InChI=1S/C37H47FN4O4S/c1-4-47(44,45)32-16-13-28(14-17-32)33-18-15-29(38)24-34(33)42-36(43)40-35(39-30-10-6-5-7-11-30)37(42)19-21-41(22-20-37)25-27-9-8-12-31(23-27)46-26(2)3/h8-9,12-13,15-16,18,23-24,26,30H,4-7,10-11,14,17,19-22,25H2,1-3H3,(H,39,40,43). The fourth-order valence-electron chi connectivity index (χ4n) is 7.52. The highest BCUT2D eigenvalue weighted by molar-refractivity contribution is 7.95. The van der Waals surface area contributed by atoms with Gasteiger partial charge in [-0.25, -0.2) is 17.6 Å². The van der Waals surface area contributed by atoms with Crippen LogP contribution in [0.5, 0.6) is 5.75 Å². The lowest BCUT2D eigenvalue weighted by molar-refractivity contribution is 0.181. The van der Waals surface area contributed by atoms with E-state index in [0.717, 1.165) is 62.2 Å². The Morgan fingerprint density at radius 2 is 1.81 bits per heavy atom. The molecule has 2 fully saturated rings. The topological polar surface area (TPSA) is 91.3 Å². The minimum absolute atomic E-state index is 0.0525. The molecule has 8 nitrogen and oxygen atoms in total. The number of halogens is 1. The summed E-state index contributed by atoms with van der Waals surface area (Å²) in [5, 5.41) is 3.71. The van der Waals surface area contributed by atoms with Gasteiger partial charge in [0.05, 0.1) is 17.5 Å². The molecule has 0 atom stereocenters. The number of sulfone groups is 1. The summed E-state index contributed by atoms with van der Waals surface area (Å²) in [6, 6.07) is 12.7. The predicted octanol–water partition coefficient (Wildman–Crippen LogP) is 7.40. The van der Waals surface area contributed by atoms with Crippen LogP contribution in [0.1, 0.15) is 89.7 Å². The van der Waals surface area contributed by atoms with Gasteiger partial charge in [-0.3, -0.25) is 9.80 Å². The molecule has 2 aliphatic carbocycles. The maximum atomic E-state index is 15.1. The molecule has 0 radical (unpaired) electrons. The second-order valence-electron chi connectivity index (χ2n) is 13.6. The van der Waals surface area contributed by atoms with Gasteiger partial charge in [0.2, 0.25) is 0 Å². The van der Waals surface area contributed by atoms with Gasteiger partial charge in [-0.15, -0.1) is 0 Å². The molecule has 252 valence electrons. The van der Waals surface area contributed by atoms with Crippen molar-refractivity contribution in [3.63, 3.8) is 0 Å². The van der Waals surface area contributed by atoms with Crippen LogP contribution in [-0.2, 0) is 16.4 Å². The second kappa shape index (κ2) is 13.9. The van der Waals surface area contributed by atoms with E-state index >= 15 is 4.39 Å². The predicted molar refractivity (Wildman–Crippen MR) is 186 cm³/mol. The number of carbonyl (C=O) groups is 1. The molecule has 6 rings (SSSR count). The van der Waals surface area contributed by atoms with E-state index in [1.54, 1.807) is 24.0 Å². The first-order chi connectivity index (χ1) is 22.6. The number of ether oxygens (including phenoxy) is 1. The maximum absolute atomic E-state index is 15.1. The largest absolute Gasteiger partial charge is 0.491 e. The van der Waals surface area contributed by atoms with Crippen LogP contribution in [0.2, 0.25) is 0 Å². The Labute approximate surface area is 278 Å². The van der Waals surface area contributed by atoms with Crippen molar-refractivity contribution in [3.8, 4) is 5.75 Å². The zero-order valence-electron chi connectivity index (χ0n) is 27.8. The Kier molecular flexibility index (Phi) is 9.90. The van der Waals surface area contributed by atoms with Crippen LogP contribution in [0.15, 0.2) is 64.5 Å². The summed E-state index contributed by atoms with van der Waals surface area (Å²) in [7, 11) is -3.29. The summed E-state index contributed by atoms with van der Waals surface area (Å²) in [6.07, 6.45) is 11.3. The van der Waals surface area contributed by atoms with Crippen LogP contribution in [0.25, 0.3) is 5.57 Å². The third-order valence-electron chi connectivity index (χ3n) is 10.0. The molecule has 4 aliphatic rings. The van der Waals surface area contributed by atoms with Gasteiger partial charge in [-0.1, -0.05) is 44.4 Å². The number of rotatable bonds is 9. The first-order valence-electron chi connectivity index (χ1n) is 17.2. The number of allylic oxidation sites excluding steroid dienone is 4. The Morgan fingerprint density at radius 3 is 2.49 bits per heavy atom. The monoisotopic (exact) mass is 662 g/mol. The number of benzene rings is 2. The van der Waals surface area contributed by atoms with Crippen molar-refractivity contribution in [2.75, 3.05) is 23.7 Å². The van der Waals surface area contributed by atoms with Crippen molar-refractivity contribution in [2.24, 2.45) is 4.99 Å². The van der Waals surface area contributed by atoms with Gasteiger partial charge in [0.15, 0.2) is 9.84 Å². The van der Waals surface area contributed by atoms with Gasteiger partial charge in [0.25, 0.3) is 0 Å². The maximum Gasteiger partial charge on any atom is 0.350 e. The summed E-state index contributed by atoms with van der Waals surface area (Å²) < 4.78 is 46.1. The molecule has 2 amide bonds. The summed E-state index contributed by atoms with van der Waals surface area (Å²) in [5.74, 6) is 1.18. The number of piperidine rings is 1. The number of carbonyl (C=O) groups excluding carboxylic acids is 1. The quantitative estimate of drug-likeness (QED) is 0.301. The number of amidine groups is 1. The SMILES string of the molecule is CCS(=O)(=O)C1=CC=C(c2ccc(F)cc2N2C(=O)N=C(NC3CCCCC3)C23CCN(Cc2cccc(OC(C)C)c2)CC3)CC1. The van der Waals surface area contributed by atoms with Crippen molar-refractivity contribution in [2.45, 2.75) is 103 Å². The van der Waals surface area contributed by atoms with Crippen LogP contribution in [-0.4, -0.2) is 61.7 Å². The summed E-state index contributed by atoms with van der Waals surface area (Å²) >= 11 is 0. The highest BCUT2D eigenvalue weighted by Crippen LogP contribution is 2.44. The van der Waals surface area contributed by atoms with Crippen LogP contribution in [0, 0.1) is 5.82 Å². The molecule has 1 N–H and O–H groups in total. The third-order valence-corrected chi connectivity index (χ3v) is 11.9. The number of nitrogens with one attached hydrogen (secondary N) is 1. The van der Waals surface area contributed by atoms with E-state index in [-0.39, 0.29) is 23.9 Å². The second-order valence-corrected chi connectivity index (χ2v) is 15.9. The lowest BCUT2D eigenvalue weighted by atomic mass is 9.82. The number of hydrogen-bond acceptors (Lipinski definition) is 6. The molecule has 0 unspecified atom stereocenters. The molecule has 0 aromatic heterocycles. The molecule has 1 spiro atoms. The van der Waals surface area contributed by atoms with E-state index in [4.69, 9.17) is 4.74 Å². The Morgan fingerprint density at radius 1 is 1.04 bits per heavy atom. The van der Waals surface area contributed by atoms with Crippen LogP contribution in [0.3, 0.4) is 0 Å². The highest BCUT2D eigenvalue weighted by atomic mass is 32.2. The summed E-state index contributed by atoms with van der Waals surface area (Å²) in [4.78, 5) is 23.2. The van der Waals surface area contributed by atoms with Gasteiger partial charge in [-0.05, 0) is 99.9 Å². The van der Waals surface area contributed by atoms with E-state index in [9.17, 15) is 13.2 Å². The van der Waals surface area contributed by atoms with E-state index in [1.807, 2.05) is 32.1 Å². The van der Waals surface area contributed by atoms with Gasteiger partial charge in [-0.2, -0.15) is 4.99 Å². The molecular weight excluding hydrogens is 615 g/mol. The fraction of sp³-hybridized carbons (Fsp3) is 0.514. The van der Waals surface area contributed by atoms with Crippen molar-refractivity contribution >= 4 is 33.0 Å². The average molecular weight is 663 g/mol. The minimum Gasteiger partial charge on any atom is -0.491 e. The van der Waals surface area contributed by atoms with Crippen molar-refractivity contribution in [1.29, 1.82) is 0 Å². The van der Waals surface area contributed by atoms with Crippen LogP contribution in [0.4, 0.5) is 14.9 Å². The molecule has 2 heterocycles. The number of likely N-dealkylation sites (tertiary alicyclic amines) is 1. The average Bonchev–Trinajstić information content (AvgIpc) is 3.31. The van der Waals surface area contributed by atoms with Gasteiger partial charge in [0.1, 0.15) is 22.9 Å². The van der Waals surface area contributed by atoms with Crippen LogP contribution >= 0.6 is 0 Å². The van der Waals surface area contributed by atoms with E-state index in [1.165, 1.54) is 24.1 Å². The third kappa shape index (κ3) is 7.18. The number of anilines is 1. The summed E-state index contributed by atoms with van der Waals surface area (Å²) in [6.45, 7) is 7.92. The number of aliphatic imine (C=N–C) groups is 1. The lowest BCUT2D eigenvalue weighted by Gasteiger charge is -2.46. The van der Waals surface area contributed by atoms with E-state index in [0.29, 0.717) is 42.1 Å².